The summed E-state index contributed by atoms with van der Waals surface area (Å²) in [4.78, 5) is 5.87. The normalized spacial score (nSPS) is 10.9. The van der Waals surface area contributed by atoms with E-state index >= 15 is 0 Å². The third-order valence-electron chi connectivity index (χ3n) is 2.47. The monoisotopic (exact) mass is 257 g/mol. The third kappa shape index (κ3) is 2.35. The highest BCUT2D eigenvalue weighted by molar-refractivity contribution is 8.01. The number of rotatable bonds is 2. The average molecular weight is 257 g/mol. The zero-order chi connectivity index (χ0) is 11.7. The number of para-hydroxylation sites is 1. The van der Waals surface area contributed by atoms with Gasteiger partial charge in [0.25, 0.3) is 0 Å². The first-order valence-electron chi connectivity index (χ1n) is 5.41. The highest BCUT2D eigenvalue weighted by atomic mass is 32.2. The molecule has 0 aliphatic carbocycles. The molecule has 0 radical (unpaired) electrons. The van der Waals surface area contributed by atoms with Gasteiger partial charge >= 0.3 is 0 Å². The molecule has 17 heavy (non-hydrogen) atoms. The van der Waals surface area contributed by atoms with Crippen molar-refractivity contribution in [3.63, 3.8) is 0 Å². The molecule has 0 N–H and O–H groups in total. The summed E-state index contributed by atoms with van der Waals surface area (Å²) in [5.41, 5.74) is 2.38. The van der Waals surface area contributed by atoms with E-state index in [2.05, 4.69) is 54.4 Å². The Bertz CT molecular complexity index is 625. The quantitative estimate of drug-likeness (QED) is 0.656. The van der Waals surface area contributed by atoms with Gasteiger partial charge in [-0.25, -0.2) is 4.98 Å². The van der Waals surface area contributed by atoms with Crippen LogP contribution in [0.3, 0.4) is 0 Å². The predicted octanol–water partition coefficient (Wildman–Crippen LogP) is 4.76. The van der Waals surface area contributed by atoms with Gasteiger partial charge < -0.3 is 0 Å². The van der Waals surface area contributed by atoms with Crippen LogP contribution >= 0.6 is 23.1 Å². The smallest absolute Gasteiger partial charge is 0.155 e. The maximum absolute atomic E-state index is 4.62. The Morgan fingerprint density at radius 3 is 2.76 bits per heavy atom. The summed E-state index contributed by atoms with van der Waals surface area (Å²) in [5.74, 6) is 0. The zero-order valence-corrected chi connectivity index (χ0v) is 11.0. The Morgan fingerprint density at radius 2 is 1.94 bits per heavy atom. The number of nitrogens with zero attached hydrogens (tertiary/aromatic N) is 1. The molecular weight excluding hydrogens is 246 g/mol. The van der Waals surface area contributed by atoms with Crippen LogP contribution in [0.2, 0.25) is 0 Å². The molecule has 0 atom stereocenters. The van der Waals surface area contributed by atoms with Gasteiger partial charge in [0.15, 0.2) is 4.34 Å². The molecule has 0 saturated heterocycles. The summed E-state index contributed by atoms with van der Waals surface area (Å²) < 4.78 is 2.36. The van der Waals surface area contributed by atoms with Crippen LogP contribution in [0.15, 0.2) is 57.8 Å². The highest BCUT2D eigenvalue weighted by Gasteiger charge is 2.04. The fraction of sp³-hybridized carbons (Fsp3) is 0.0714. The second-order valence-electron chi connectivity index (χ2n) is 3.87. The molecule has 1 aromatic heterocycles. The lowest BCUT2D eigenvalue weighted by Gasteiger charge is -1.98. The van der Waals surface area contributed by atoms with Crippen molar-refractivity contribution in [1.82, 2.24) is 4.98 Å². The van der Waals surface area contributed by atoms with Gasteiger partial charge in [-0.2, -0.15) is 0 Å². The van der Waals surface area contributed by atoms with E-state index in [9.17, 15) is 0 Å². The van der Waals surface area contributed by atoms with Gasteiger partial charge in [-0.15, -0.1) is 11.3 Å². The van der Waals surface area contributed by atoms with E-state index < -0.39 is 0 Å². The van der Waals surface area contributed by atoms with Crippen LogP contribution in [-0.2, 0) is 0 Å². The first-order valence-corrected chi connectivity index (χ1v) is 7.05. The second-order valence-corrected chi connectivity index (χ2v) is 6.22. The van der Waals surface area contributed by atoms with Gasteiger partial charge in [-0.3, -0.25) is 0 Å². The Labute approximate surface area is 109 Å². The van der Waals surface area contributed by atoms with Crippen LogP contribution in [-0.4, -0.2) is 4.98 Å². The maximum atomic E-state index is 4.62. The number of aromatic nitrogens is 1. The lowest BCUT2D eigenvalue weighted by molar-refractivity contribution is 1.28. The van der Waals surface area contributed by atoms with Gasteiger partial charge in [0.05, 0.1) is 10.2 Å². The number of fused-ring (bicyclic) bond motifs is 1. The predicted molar refractivity (Wildman–Crippen MR) is 74.9 cm³/mol. The van der Waals surface area contributed by atoms with Gasteiger partial charge in [-0.05, 0) is 31.2 Å². The molecule has 0 aliphatic rings. The average Bonchev–Trinajstić information content (AvgIpc) is 2.71. The van der Waals surface area contributed by atoms with Crippen molar-refractivity contribution in [2.24, 2.45) is 0 Å². The Morgan fingerprint density at radius 1 is 1.06 bits per heavy atom. The third-order valence-corrected chi connectivity index (χ3v) is 4.56. The molecule has 0 amide bonds. The standard InChI is InChI=1S/C14H11NS2/c1-10-5-4-6-11(9-10)16-14-15-12-7-2-3-8-13(12)17-14/h2-9H,1H3. The van der Waals surface area contributed by atoms with Crippen molar-refractivity contribution in [2.75, 3.05) is 0 Å². The molecular formula is C14H11NS2. The highest BCUT2D eigenvalue weighted by Crippen LogP contribution is 2.34. The summed E-state index contributed by atoms with van der Waals surface area (Å²) in [6.07, 6.45) is 0. The van der Waals surface area contributed by atoms with Crippen molar-refractivity contribution in [3.05, 3.63) is 54.1 Å². The van der Waals surface area contributed by atoms with E-state index in [0.29, 0.717) is 0 Å². The van der Waals surface area contributed by atoms with E-state index in [1.807, 2.05) is 6.07 Å². The lowest BCUT2D eigenvalue weighted by Crippen LogP contribution is -1.74. The summed E-state index contributed by atoms with van der Waals surface area (Å²) in [6, 6.07) is 16.8. The van der Waals surface area contributed by atoms with Crippen LogP contribution in [0.25, 0.3) is 10.2 Å². The molecule has 84 valence electrons. The van der Waals surface area contributed by atoms with Crippen molar-refractivity contribution >= 4 is 33.3 Å². The van der Waals surface area contributed by atoms with Gasteiger partial charge in [-0.1, -0.05) is 41.6 Å². The summed E-state index contributed by atoms with van der Waals surface area (Å²) in [7, 11) is 0. The second kappa shape index (κ2) is 4.51. The number of hydrogen-bond acceptors (Lipinski definition) is 3. The van der Waals surface area contributed by atoms with Crippen LogP contribution in [0.4, 0.5) is 0 Å². The van der Waals surface area contributed by atoms with E-state index in [0.717, 1.165) is 9.86 Å². The Hall–Kier alpha value is -1.32. The summed E-state index contributed by atoms with van der Waals surface area (Å²) in [5, 5.41) is 0. The molecule has 0 unspecified atom stereocenters. The van der Waals surface area contributed by atoms with Crippen LogP contribution in [0.1, 0.15) is 5.56 Å². The number of benzene rings is 2. The lowest BCUT2D eigenvalue weighted by atomic mass is 10.2. The molecule has 0 fully saturated rings. The fourth-order valence-corrected chi connectivity index (χ4v) is 3.83. The SMILES string of the molecule is Cc1cccc(Sc2nc3ccccc3s2)c1. The van der Waals surface area contributed by atoms with Gasteiger partial charge in [0.2, 0.25) is 0 Å². The van der Waals surface area contributed by atoms with Crippen molar-refractivity contribution in [2.45, 2.75) is 16.2 Å². The molecule has 0 bridgehead atoms. The molecule has 3 rings (SSSR count). The minimum Gasteiger partial charge on any atom is -0.229 e. The number of hydrogen-bond donors (Lipinski definition) is 0. The molecule has 3 aromatic rings. The Kier molecular flexibility index (Phi) is 2.87. The van der Waals surface area contributed by atoms with Gasteiger partial charge in [0, 0.05) is 4.90 Å². The van der Waals surface area contributed by atoms with E-state index in [4.69, 9.17) is 0 Å². The van der Waals surface area contributed by atoms with E-state index in [-0.39, 0.29) is 0 Å². The Balaban J connectivity index is 1.94. The van der Waals surface area contributed by atoms with E-state index in [1.165, 1.54) is 15.2 Å². The molecule has 0 aliphatic heterocycles. The largest absolute Gasteiger partial charge is 0.229 e. The molecule has 3 heteroatoms. The maximum Gasteiger partial charge on any atom is 0.155 e. The molecule has 1 nitrogen and oxygen atoms in total. The van der Waals surface area contributed by atoms with Crippen molar-refractivity contribution in [1.29, 1.82) is 0 Å². The zero-order valence-electron chi connectivity index (χ0n) is 9.38. The minimum atomic E-state index is 1.09. The number of aryl methyl sites for hydroxylation is 1. The van der Waals surface area contributed by atoms with Crippen LogP contribution < -0.4 is 0 Å². The van der Waals surface area contributed by atoms with E-state index in [1.54, 1.807) is 23.1 Å². The minimum absolute atomic E-state index is 1.09. The first kappa shape index (κ1) is 10.8. The van der Waals surface area contributed by atoms with Crippen molar-refractivity contribution < 1.29 is 0 Å². The van der Waals surface area contributed by atoms with Crippen LogP contribution in [0, 0.1) is 6.92 Å². The number of thiazole rings is 1. The molecule has 0 spiro atoms. The topological polar surface area (TPSA) is 12.9 Å². The fourth-order valence-electron chi connectivity index (χ4n) is 1.67. The van der Waals surface area contributed by atoms with Gasteiger partial charge in [0.1, 0.15) is 0 Å². The summed E-state index contributed by atoms with van der Waals surface area (Å²) >= 11 is 3.48. The van der Waals surface area contributed by atoms with Crippen LogP contribution in [0.5, 0.6) is 0 Å². The molecule has 0 saturated carbocycles. The molecule has 2 aromatic carbocycles. The summed E-state index contributed by atoms with van der Waals surface area (Å²) in [6.45, 7) is 2.11. The first-order chi connectivity index (χ1) is 8.31. The molecule has 1 heterocycles. The van der Waals surface area contributed by atoms with Crippen molar-refractivity contribution in [3.8, 4) is 0 Å².